The maximum atomic E-state index is 5.89. The van der Waals surface area contributed by atoms with E-state index < -0.39 is 0 Å². The van der Waals surface area contributed by atoms with Gasteiger partial charge in [0.15, 0.2) is 0 Å². The molecule has 1 fully saturated rings. The van der Waals surface area contributed by atoms with E-state index in [2.05, 4.69) is 59.1 Å². The molecule has 1 heterocycles. The number of rotatable bonds is 4. The Morgan fingerprint density at radius 2 is 1.90 bits per heavy atom. The summed E-state index contributed by atoms with van der Waals surface area (Å²) in [5.41, 5.74) is 2.45. The highest BCUT2D eigenvalue weighted by atomic mass is 79.9. The third kappa shape index (κ3) is 5.95. The summed E-state index contributed by atoms with van der Waals surface area (Å²) < 4.78 is 7.07. The molecule has 1 atom stereocenters. The zero-order valence-corrected chi connectivity index (χ0v) is 16.0. The van der Waals surface area contributed by atoms with E-state index in [-0.39, 0.29) is 24.8 Å². The van der Waals surface area contributed by atoms with E-state index in [1.807, 2.05) is 0 Å². The van der Waals surface area contributed by atoms with E-state index in [4.69, 9.17) is 4.74 Å². The number of halogens is 3. The minimum absolute atomic E-state index is 0. The quantitative estimate of drug-likeness (QED) is 0.837. The number of nitrogens with zero attached hydrogens (tertiary/aromatic N) is 1. The Balaban J connectivity index is 0.00000200. The van der Waals surface area contributed by atoms with Gasteiger partial charge in [0.2, 0.25) is 0 Å². The summed E-state index contributed by atoms with van der Waals surface area (Å²) in [5.74, 6) is 0.973. The lowest BCUT2D eigenvalue weighted by Crippen LogP contribution is -2.50. The van der Waals surface area contributed by atoms with Crippen molar-refractivity contribution in [2.45, 2.75) is 26.8 Å². The summed E-state index contributed by atoms with van der Waals surface area (Å²) in [6.45, 7) is 11.5. The van der Waals surface area contributed by atoms with Gasteiger partial charge in [-0.2, -0.15) is 0 Å². The summed E-state index contributed by atoms with van der Waals surface area (Å²) in [7, 11) is 0. The fourth-order valence-electron chi connectivity index (χ4n) is 2.49. The highest BCUT2D eigenvalue weighted by Gasteiger charge is 2.17. The Morgan fingerprint density at radius 1 is 1.29 bits per heavy atom. The Hall–Kier alpha value is -0.000000000000000111. The van der Waals surface area contributed by atoms with Crippen molar-refractivity contribution in [2.24, 2.45) is 0 Å². The lowest BCUT2D eigenvalue weighted by atomic mass is 10.1. The van der Waals surface area contributed by atoms with E-state index in [1.165, 1.54) is 15.6 Å². The first kappa shape index (κ1) is 21.0. The lowest BCUT2D eigenvalue weighted by Gasteiger charge is -2.33. The number of hydrogen-bond donors (Lipinski definition) is 1. The highest BCUT2D eigenvalue weighted by Crippen LogP contribution is 2.26. The van der Waals surface area contributed by atoms with Crippen LogP contribution in [-0.2, 0) is 0 Å². The number of hydrogen-bond acceptors (Lipinski definition) is 3. The molecule has 1 aromatic rings. The predicted octanol–water partition coefficient (Wildman–Crippen LogP) is 3.58. The number of ether oxygens (including phenoxy) is 1. The van der Waals surface area contributed by atoms with Crippen molar-refractivity contribution < 1.29 is 4.74 Å². The molecule has 0 saturated carbocycles. The van der Waals surface area contributed by atoms with E-state index in [9.17, 15) is 0 Å². The van der Waals surface area contributed by atoms with Gasteiger partial charge in [-0.15, -0.1) is 24.8 Å². The number of piperazine rings is 1. The van der Waals surface area contributed by atoms with Gasteiger partial charge in [-0.25, -0.2) is 0 Å². The zero-order chi connectivity index (χ0) is 13.8. The molecule has 0 aliphatic carbocycles. The molecule has 21 heavy (non-hydrogen) atoms. The second-order valence-electron chi connectivity index (χ2n) is 5.31. The van der Waals surface area contributed by atoms with Gasteiger partial charge in [0.25, 0.3) is 0 Å². The molecule has 0 bridgehead atoms. The molecule has 0 amide bonds. The highest BCUT2D eigenvalue weighted by molar-refractivity contribution is 9.10. The Kier molecular flexibility index (Phi) is 9.90. The van der Waals surface area contributed by atoms with Crippen LogP contribution in [0.2, 0.25) is 0 Å². The Bertz CT molecular complexity index is 423. The van der Waals surface area contributed by atoms with Crippen LogP contribution >= 0.6 is 40.7 Å². The van der Waals surface area contributed by atoms with Crippen molar-refractivity contribution in [1.82, 2.24) is 10.2 Å². The largest absolute Gasteiger partial charge is 0.492 e. The third-order valence-corrected chi connectivity index (χ3v) is 4.95. The van der Waals surface area contributed by atoms with Crippen molar-refractivity contribution >= 4 is 40.7 Å². The van der Waals surface area contributed by atoms with Gasteiger partial charge in [-0.05, 0) is 44.0 Å². The average Bonchev–Trinajstić information content (AvgIpc) is 2.38. The molecule has 122 valence electrons. The molecule has 0 unspecified atom stereocenters. The monoisotopic (exact) mass is 398 g/mol. The number of benzene rings is 1. The molecular formula is C15H25BrCl2N2O. The fraction of sp³-hybridized carbons (Fsp3) is 0.600. The second kappa shape index (κ2) is 9.90. The van der Waals surface area contributed by atoms with Crippen LogP contribution < -0.4 is 10.1 Å². The van der Waals surface area contributed by atoms with Crippen LogP contribution in [0.5, 0.6) is 5.75 Å². The van der Waals surface area contributed by atoms with E-state index in [0.717, 1.165) is 38.5 Å². The molecule has 0 spiro atoms. The molecule has 2 rings (SSSR count). The first-order chi connectivity index (χ1) is 9.08. The standard InChI is InChI=1S/C15H23BrN2O.2ClH/c1-11-8-14(9-12(2)15(11)16)19-7-6-18-5-4-17-10-13(18)3;;/h8-9,13,17H,4-7,10H2,1-3H3;2*1H/t13-;;/m0../s1. The van der Waals surface area contributed by atoms with Crippen LogP contribution in [0.1, 0.15) is 18.1 Å². The molecule has 0 aromatic heterocycles. The van der Waals surface area contributed by atoms with Crippen LogP contribution in [0.4, 0.5) is 0 Å². The smallest absolute Gasteiger partial charge is 0.119 e. The molecule has 1 aromatic carbocycles. The first-order valence-electron chi connectivity index (χ1n) is 6.92. The predicted molar refractivity (Wildman–Crippen MR) is 97.5 cm³/mol. The van der Waals surface area contributed by atoms with Crippen LogP contribution in [0.15, 0.2) is 16.6 Å². The van der Waals surface area contributed by atoms with Crippen molar-refractivity contribution in [3.63, 3.8) is 0 Å². The van der Waals surface area contributed by atoms with Crippen LogP contribution in [0.3, 0.4) is 0 Å². The average molecular weight is 400 g/mol. The maximum Gasteiger partial charge on any atom is 0.119 e. The summed E-state index contributed by atoms with van der Waals surface area (Å²) in [5, 5.41) is 3.41. The maximum absolute atomic E-state index is 5.89. The molecule has 1 N–H and O–H groups in total. The molecule has 1 aliphatic heterocycles. The minimum Gasteiger partial charge on any atom is -0.492 e. The third-order valence-electron chi connectivity index (χ3n) is 3.70. The van der Waals surface area contributed by atoms with Crippen molar-refractivity contribution in [1.29, 1.82) is 0 Å². The topological polar surface area (TPSA) is 24.5 Å². The summed E-state index contributed by atoms with van der Waals surface area (Å²) in [6, 6.07) is 4.79. The summed E-state index contributed by atoms with van der Waals surface area (Å²) in [4.78, 5) is 2.48. The van der Waals surface area contributed by atoms with Gasteiger partial charge in [0.1, 0.15) is 12.4 Å². The number of nitrogens with one attached hydrogen (secondary N) is 1. The van der Waals surface area contributed by atoms with E-state index in [1.54, 1.807) is 0 Å². The molecule has 3 nitrogen and oxygen atoms in total. The van der Waals surface area contributed by atoms with Gasteiger partial charge in [0, 0.05) is 36.7 Å². The normalized spacial score (nSPS) is 18.6. The molecule has 1 saturated heterocycles. The van der Waals surface area contributed by atoms with Crippen molar-refractivity contribution in [3.8, 4) is 5.75 Å². The van der Waals surface area contributed by atoms with E-state index in [0.29, 0.717) is 6.04 Å². The first-order valence-corrected chi connectivity index (χ1v) is 7.71. The van der Waals surface area contributed by atoms with Crippen LogP contribution in [0.25, 0.3) is 0 Å². The lowest BCUT2D eigenvalue weighted by molar-refractivity contribution is 0.143. The molecule has 0 radical (unpaired) electrons. The minimum atomic E-state index is 0. The summed E-state index contributed by atoms with van der Waals surface area (Å²) in [6.07, 6.45) is 0. The molecular weight excluding hydrogens is 375 g/mol. The Labute approximate surface area is 148 Å². The second-order valence-corrected chi connectivity index (χ2v) is 6.10. The van der Waals surface area contributed by atoms with Crippen LogP contribution in [-0.4, -0.2) is 43.7 Å². The number of aryl methyl sites for hydroxylation is 2. The van der Waals surface area contributed by atoms with Crippen molar-refractivity contribution in [2.75, 3.05) is 32.8 Å². The Morgan fingerprint density at radius 3 is 2.48 bits per heavy atom. The van der Waals surface area contributed by atoms with Crippen molar-refractivity contribution in [3.05, 3.63) is 27.7 Å². The summed E-state index contributed by atoms with van der Waals surface area (Å²) >= 11 is 3.58. The van der Waals surface area contributed by atoms with Gasteiger partial charge in [0.05, 0.1) is 0 Å². The van der Waals surface area contributed by atoms with Gasteiger partial charge in [-0.3, -0.25) is 4.90 Å². The van der Waals surface area contributed by atoms with Crippen LogP contribution in [0, 0.1) is 13.8 Å². The van der Waals surface area contributed by atoms with E-state index >= 15 is 0 Å². The molecule has 6 heteroatoms. The van der Waals surface area contributed by atoms with Gasteiger partial charge in [-0.1, -0.05) is 15.9 Å². The van der Waals surface area contributed by atoms with Gasteiger partial charge >= 0.3 is 0 Å². The SMILES string of the molecule is Cc1cc(OCCN2CCNC[C@@H]2C)cc(C)c1Br.Cl.Cl. The zero-order valence-electron chi connectivity index (χ0n) is 12.8. The van der Waals surface area contributed by atoms with Gasteiger partial charge < -0.3 is 10.1 Å². The fourth-order valence-corrected chi connectivity index (χ4v) is 2.71. The molecule has 1 aliphatic rings.